The highest BCUT2D eigenvalue weighted by Gasteiger charge is 2.22. The average Bonchev–Trinajstić information content (AvgIpc) is 2.39. The monoisotopic (exact) mass is 257 g/mol. The topological polar surface area (TPSA) is 38.7 Å². The number of aliphatic hydroxyl groups excluding tert-OH is 1. The van der Waals surface area contributed by atoms with Gasteiger partial charge in [-0.3, -0.25) is 4.90 Å². The first kappa shape index (κ1) is 15.9. The Morgan fingerprint density at radius 2 is 2.11 bits per heavy atom. The molecule has 0 radical (unpaired) electrons. The third-order valence-electron chi connectivity index (χ3n) is 3.95. The fourth-order valence-electron chi connectivity index (χ4n) is 2.69. The number of rotatable bonds is 8. The quantitative estimate of drug-likeness (QED) is 0.673. The lowest BCUT2D eigenvalue weighted by atomic mass is 10.1. The summed E-state index contributed by atoms with van der Waals surface area (Å²) < 4.78 is 0. The molecule has 18 heavy (non-hydrogen) atoms. The molecule has 1 heterocycles. The highest BCUT2D eigenvalue weighted by atomic mass is 16.3. The van der Waals surface area contributed by atoms with Gasteiger partial charge < -0.3 is 15.3 Å². The lowest BCUT2D eigenvalue weighted by Gasteiger charge is -2.39. The minimum atomic E-state index is 0.254. The van der Waals surface area contributed by atoms with E-state index < -0.39 is 0 Å². The molecule has 2 N–H and O–H groups in total. The molecular weight excluding hydrogens is 226 g/mol. The Kier molecular flexibility index (Phi) is 7.82. The van der Waals surface area contributed by atoms with Crippen LogP contribution in [0.4, 0.5) is 0 Å². The van der Waals surface area contributed by atoms with Crippen LogP contribution in [0, 0.1) is 0 Å². The molecule has 0 aromatic heterocycles. The van der Waals surface area contributed by atoms with E-state index in [0.717, 1.165) is 32.5 Å². The summed E-state index contributed by atoms with van der Waals surface area (Å²) in [5.74, 6) is 0. The Hall–Kier alpha value is -0.160. The molecule has 4 heteroatoms. The summed E-state index contributed by atoms with van der Waals surface area (Å²) >= 11 is 0. The zero-order valence-electron chi connectivity index (χ0n) is 12.4. The van der Waals surface area contributed by atoms with Crippen LogP contribution >= 0.6 is 0 Å². The van der Waals surface area contributed by atoms with Crippen molar-refractivity contribution >= 4 is 0 Å². The van der Waals surface area contributed by atoms with E-state index in [0.29, 0.717) is 6.04 Å². The molecule has 0 aromatic rings. The molecule has 1 rings (SSSR count). The molecule has 0 aliphatic carbocycles. The van der Waals surface area contributed by atoms with Crippen LogP contribution in [0.2, 0.25) is 0 Å². The third kappa shape index (κ3) is 5.22. The minimum absolute atomic E-state index is 0.254. The summed E-state index contributed by atoms with van der Waals surface area (Å²) in [5, 5.41) is 12.7. The average molecular weight is 257 g/mol. The zero-order valence-corrected chi connectivity index (χ0v) is 12.4. The van der Waals surface area contributed by atoms with Crippen molar-refractivity contribution in [2.45, 2.75) is 45.7 Å². The third-order valence-corrected chi connectivity index (χ3v) is 3.95. The second-order valence-electron chi connectivity index (χ2n) is 5.40. The Morgan fingerprint density at radius 1 is 1.33 bits per heavy atom. The highest BCUT2D eigenvalue weighted by Crippen LogP contribution is 2.09. The van der Waals surface area contributed by atoms with Crippen molar-refractivity contribution in [3.8, 4) is 0 Å². The van der Waals surface area contributed by atoms with Crippen molar-refractivity contribution in [1.82, 2.24) is 15.1 Å². The fourth-order valence-corrected chi connectivity index (χ4v) is 2.69. The molecule has 4 nitrogen and oxygen atoms in total. The Labute approximate surface area is 112 Å². The Balaban J connectivity index is 2.22. The van der Waals surface area contributed by atoms with E-state index in [1.165, 1.54) is 19.6 Å². The van der Waals surface area contributed by atoms with E-state index in [1.807, 2.05) is 0 Å². The van der Waals surface area contributed by atoms with E-state index in [1.54, 1.807) is 0 Å². The van der Waals surface area contributed by atoms with Gasteiger partial charge in [0.05, 0.1) is 6.61 Å². The van der Waals surface area contributed by atoms with E-state index in [4.69, 9.17) is 0 Å². The van der Waals surface area contributed by atoms with Gasteiger partial charge in [-0.15, -0.1) is 0 Å². The molecule has 0 spiro atoms. The Morgan fingerprint density at radius 3 is 2.67 bits per heavy atom. The van der Waals surface area contributed by atoms with Crippen molar-refractivity contribution < 1.29 is 5.11 Å². The van der Waals surface area contributed by atoms with Gasteiger partial charge in [0, 0.05) is 31.7 Å². The molecule has 0 bridgehead atoms. The maximum Gasteiger partial charge on any atom is 0.0585 e. The largest absolute Gasteiger partial charge is 0.395 e. The molecule has 1 saturated heterocycles. The molecule has 0 saturated carbocycles. The molecule has 108 valence electrons. The molecular formula is C14H31N3O. The van der Waals surface area contributed by atoms with Gasteiger partial charge in [0.15, 0.2) is 0 Å². The van der Waals surface area contributed by atoms with E-state index in [9.17, 15) is 5.11 Å². The van der Waals surface area contributed by atoms with E-state index in [2.05, 4.69) is 35.9 Å². The van der Waals surface area contributed by atoms with Crippen molar-refractivity contribution in [2.24, 2.45) is 0 Å². The predicted molar refractivity (Wildman–Crippen MR) is 76.9 cm³/mol. The molecule has 1 aliphatic rings. The van der Waals surface area contributed by atoms with Crippen LogP contribution in [0.15, 0.2) is 0 Å². The first-order valence-electron chi connectivity index (χ1n) is 7.51. The van der Waals surface area contributed by atoms with Gasteiger partial charge in [-0.1, -0.05) is 13.8 Å². The van der Waals surface area contributed by atoms with Crippen LogP contribution in [0.1, 0.15) is 33.6 Å². The number of aliphatic hydroxyl groups is 1. The maximum atomic E-state index is 9.32. The number of nitrogens with one attached hydrogen (secondary N) is 1. The number of likely N-dealkylation sites (N-methyl/N-ethyl adjacent to an activating group) is 1. The molecule has 0 amide bonds. The van der Waals surface area contributed by atoms with Gasteiger partial charge in [-0.25, -0.2) is 0 Å². The second kappa shape index (κ2) is 8.86. The van der Waals surface area contributed by atoms with Gasteiger partial charge >= 0.3 is 0 Å². The zero-order chi connectivity index (χ0) is 13.4. The number of piperazine rings is 1. The van der Waals surface area contributed by atoms with Crippen molar-refractivity contribution in [3.63, 3.8) is 0 Å². The van der Waals surface area contributed by atoms with Gasteiger partial charge in [0.2, 0.25) is 0 Å². The van der Waals surface area contributed by atoms with Crippen LogP contribution in [0.3, 0.4) is 0 Å². The molecule has 2 atom stereocenters. The maximum absolute atomic E-state index is 9.32. The predicted octanol–water partition coefficient (Wildman–Crippen LogP) is 0.763. The summed E-state index contributed by atoms with van der Waals surface area (Å²) in [5.41, 5.74) is 0. The summed E-state index contributed by atoms with van der Waals surface area (Å²) in [4.78, 5) is 5.07. The molecule has 2 unspecified atom stereocenters. The smallest absolute Gasteiger partial charge is 0.0585 e. The minimum Gasteiger partial charge on any atom is -0.395 e. The van der Waals surface area contributed by atoms with Crippen molar-refractivity contribution in [1.29, 1.82) is 0 Å². The van der Waals surface area contributed by atoms with E-state index in [-0.39, 0.29) is 12.6 Å². The van der Waals surface area contributed by atoms with Crippen LogP contribution in [0.5, 0.6) is 0 Å². The lowest BCUT2D eigenvalue weighted by molar-refractivity contribution is 0.0829. The van der Waals surface area contributed by atoms with Crippen LogP contribution in [-0.2, 0) is 0 Å². The van der Waals surface area contributed by atoms with Crippen molar-refractivity contribution in [3.05, 3.63) is 0 Å². The summed E-state index contributed by atoms with van der Waals surface area (Å²) in [6.45, 7) is 13.8. The standard InChI is InChI=1S/C14H31N3O/c1-4-7-15-14(12-18)6-8-16-9-10-17(5-2)13(3)11-16/h13-15,18H,4-12H2,1-3H3. The fraction of sp³-hybridized carbons (Fsp3) is 1.00. The summed E-state index contributed by atoms with van der Waals surface area (Å²) in [7, 11) is 0. The Bertz CT molecular complexity index is 213. The van der Waals surface area contributed by atoms with Crippen LogP contribution < -0.4 is 5.32 Å². The number of hydrogen-bond donors (Lipinski definition) is 2. The van der Waals surface area contributed by atoms with Gasteiger partial charge in [-0.2, -0.15) is 0 Å². The summed E-state index contributed by atoms with van der Waals surface area (Å²) in [6, 6.07) is 0.935. The van der Waals surface area contributed by atoms with Gasteiger partial charge in [-0.05, 0) is 39.4 Å². The number of nitrogens with zero attached hydrogens (tertiary/aromatic N) is 2. The SMILES string of the molecule is CCCNC(CO)CCN1CCN(CC)C(C)C1. The normalized spacial score (nSPS) is 24.3. The molecule has 0 aromatic carbocycles. The van der Waals surface area contributed by atoms with E-state index >= 15 is 0 Å². The highest BCUT2D eigenvalue weighted by molar-refractivity contribution is 4.79. The molecule has 1 aliphatic heterocycles. The number of hydrogen-bond acceptors (Lipinski definition) is 4. The van der Waals surface area contributed by atoms with Crippen LogP contribution in [0.25, 0.3) is 0 Å². The van der Waals surface area contributed by atoms with Gasteiger partial charge in [0.1, 0.15) is 0 Å². The first-order chi connectivity index (χ1) is 8.71. The second-order valence-corrected chi connectivity index (χ2v) is 5.40. The van der Waals surface area contributed by atoms with Crippen LogP contribution in [-0.4, -0.2) is 72.9 Å². The first-order valence-corrected chi connectivity index (χ1v) is 7.51. The molecule has 1 fully saturated rings. The lowest BCUT2D eigenvalue weighted by Crippen LogP contribution is -2.52. The van der Waals surface area contributed by atoms with Gasteiger partial charge in [0.25, 0.3) is 0 Å². The van der Waals surface area contributed by atoms with Crippen molar-refractivity contribution in [2.75, 3.05) is 45.9 Å². The summed E-state index contributed by atoms with van der Waals surface area (Å²) in [6.07, 6.45) is 2.18.